The molecule has 5 atom stereocenters. The topological polar surface area (TPSA) is 69.7 Å². The predicted molar refractivity (Wildman–Crippen MR) is 110 cm³/mol. The fourth-order valence-corrected chi connectivity index (χ4v) is 6.31. The Labute approximate surface area is 175 Å². The van der Waals surface area contributed by atoms with Gasteiger partial charge in [0.1, 0.15) is 6.10 Å². The summed E-state index contributed by atoms with van der Waals surface area (Å²) in [4.78, 5) is 16.8. The van der Waals surface area contributed by atoms with Crippen molar-refractivity contribution in [1.82, 2.24) is 10.3 Å². The minimum Gasteiger partial charge on any atom is -0.493 e. The Morgan fingerprint density at radius 3 is 3.00 bits per heavy atom. The third-order valence-corrected chi connectivity index (χ3v) is 7.44. The standard InChI is InChI=1S/C24H24N2O4/c1-23-12-14-5-6-16(28-2)20-19(14)24(9-11-26-23)18(23)8-7-17(21(24)30-20)29-22(27)15-4-3-10-25-13-15/h3-8,10,13,17-18,21,26H,9,11-12H2,1-2H3/t17-,18-,21?,23+,24-/m0/s1. The predicted octanol–water partition coefficient (Wildman–Crippen LogP) is 2.81. The lowest BCUT2D eigenvalue weighted by Crippen LogP contribution is -2.70. The van der Waals surface area contributed by atoms with Crippen molar-refractivity contribution in [1.29, 1.82) is 0 Å². The first-order valence-corrected chi connectivity index (χ1v) is 10.5. The van der Waals surface area contributed by atoms with Crippen molar-refractivity contribution in [2.75, 3.05) is 13.7 Å². The molecule has 2 aliphatic carbocycles. The van der Waals surface area contributed by atoms with E-state index in [-0.39, 0.29) is 28.9 Å². The van der Waals surface area contributed by atoms with E-state index in [0.717, 1.165) is 30.9 Å². The number of hydrogen-bond acceptors (Lipinski definition) is 6. The molecule has 1 saturated heterocycles. The third kappa shape index (κ3) is 2.17. The van der Waals surface area contributed by atoms with Gasteiger partial charge in [0.05, 0.1) is 12.7 Å². The van der Waals surface area contributed by atoms with Crippen molar-refractivity contribution in [3.05, 3.63) is 65.5 Å². The molecule has 1 aromatic heterocycles. The van der Waals surface area contributed by atoms with Crippen molar-refractivity contribution < 1.29 is 19.0 Å². The number of methoxy groups -OCH3 is 1. The molecule has 2 aromatic rings. The molecule has 6 nitrogen and oxygen atoms in total. The average Bonchev–Trinajstić information content (AvgIpc) is 3.10. The molecular formula is C24H24N2O4. The minimum atomic E-state index is -0.473. The Hall–Kier alpha value is -2.86. The van der Waals surface area contributed by atoms with E-state index in [2.05, 4.69) is 29.4 Å². The number of carbonyl (C=O) groups excluding carboxylic acids is 1. The number of nitrogens with zero attached hydrogens (tertiary/aromatic N) is 1. The third-order valence-electron chi connectivity index (χ3n) is 7.44. The van der Waals surface area contributed by atoms with Gasteiger partial charge in [-0.05, 0) is 56.1 Å². The first kappa shape index (κ1) is 18.0. The molecule has 4 aliphatic rings. The first-order valence-electron chi connectivity index (χ1n) is 10.5. The second kappa shape index (κ2) is 6.08. The second-order valence-corrected chi connectivity index (χ2v) is 8.96. The molecule has 1 aromatic carbocycles. The summed E-state index contributed by atoms with van der Waals surface area (Å²) in [6.07, 6.45) is 8.54. The summed E-state index contributed by atoms with van der Waals surface area (Å²) >= 11 is 0. The molecule has 154 valence electrons. The molecule has 0 saturated carbocycles. The van der Waals surface area contributed by atoms with E-state index >= 15 is 0 Å². The van der Waals surface area contributed by atoms with E-state index in [1.54, 1.807) is 25.4 Å². The lowest BCUT2D eigenvalue weighted by Gasteiger charge is -2.58. The normalized spacial score (nSPS) is 34.7. The van der Waals surface area contributed by atoms with Gasteiger partial charge < -0.3 is 19.5 Å². The molecule has 1 unspecified atom stereocenters. The second-order valence-electron chi connectivity index (χ2n) is 8.96. The highest BCUT2D eigenvalue weighted by molar-refractivity contribution is 5.89. The number of pyridine rings is 1. The molecule has 6 heteroatoms. The smallest absolute Gasteiger partial charge is 0.340 e. The SMILES string of the molecule is COc1ccc2c3c1OC1[C@@H](OC(=O)c4cccnc4)C=C[C@H]4[C@@](C)(C2)NCC[C@]314. The van der Waals surface area contributed by atoms with Gasteiger partial charge in [0.15, 0.2) is 17.6 Å². The highest BCUT2D eigenvalue weighted by atomic mass is 16.6. The molecule has 0 amide bonds. The van der Waals surface area contributed by atoms with Crippen LogP contribution in [-0.2, 0) is 16.6 Å². The number of rotatable bonds is 3. The van der Waals surface area contributed by atoms with Gasteiger partial charge in [0.2, 0.25) is 0 Å². The highest BCUT2D eigenvalue weighted by Crippen LogP contribution is 2.63. The zero-order valence-electron chi connectivity index (χ0n) is 17.1. The Kier molecular flexibility index (Phi) is 3.64. The average molecular weight is 404 g/mol. The highest BCUT2D eigenvalue weighted by Gasteiger charge is 2.67. The van der Waals surface area contributed by atoms with Gasteiger partial charge in [0.25, 0.3) is 0 Å². The maximum Gasteiger partial charge on any atom is 0.340 e. The molecule has 3 heterocycles. The van der Waals surface area contributed by atoms with Crippen LogP contribution in [0.1, 0.15) is 34.8 Å². The summed E-state index contributed by atoms with van der Waals surface area (Å²) < 4.78 is 18.2. The van der Waals surface area contributed by atoms with Crippen LogP contribution in [0.4, 0.5) is 0 Å². The molecule has 6 rings (SSSR count). The number of hydrogen-bond donors (Lipinski definition) is 1. The van der Waals surface area contributed by atoms with Crippen LogP contribution in [0.25, 0.3) is 0 Å². The number of aromatic nitrogens is 1. The molecule has 1 fully saturated rings. The van der Waals surface area contributed by atoms with E-state index in [1.807, 2.05) is 12.1 Å². The van der Waals surface area contributed by atoms with E-state index < -0.39 is 6.10 Å². The van der Waals surface area contributed by atoms with Gasteiger partial charge in [-0.2, -0.15) is 0 Å². The van der Waals surface area contributed by atoms with E-state index in [4.69, 9.17) is 14.2 Å². The van der Waals surface area contributed by atoms with Crippen LogP contribution in [0.15, 0.2) is 48.8 Å². The van der Waals surface area contributed by atoms with E-state index in [1.165, 1.54) is 17.3 Å². The molecule has 2 bridgehead atoms. The van der Waals surface area contributed by atoms with Crippen LogP contribution in [0.2, 0.25) is 0 Å². The summed E-state index contributed by atoms with van der Waals surface area (Å²) in [6, 6.07) is 7.62. The van der Waals surface area contributed by atoms with Crippen LogP contribution in [-0.4, -0.2) is 42.4 Å². The number of benzene rings is 1. The van der Waals surface area contributed by atoms with Gasteiger partial charge in [0, 0.05) is 34.8 Å². The van der Waals surface area contributed by atoms with Gasteiger partial charge in [-0.15, -0.1) is 0 Å². The first-order chi connectivity index (χ1) is 14.6. The molecule has 1 N–H and O–H groups in total. The Morgan fingerprint density at radius 1 is 1.30 bits per heavy atom. The monoisotopic (exact) mass is 404 g/mol. The summed E-state index contributed by atoms with van der Waals surface area (Å²) in [6.45, 7) is 3.20. The number of nitrogens with one attached hydrogen (secondary N) is 1. The van der Waals surface area contributed by atoms with Crippen LogP contribution >= 0.6 is 0 Å². The van der Waals surface area contributed by atoms with Crippen LogP contribution < -0.4 is 14.8 Å². The van der Waals surface area contributed by atoms with Crippen molar-refractivity contribution in [2.24, 2.45) is 5.92 Å². The molecule has 1 spiro atoms. The summed E-state index contributed by atoms with van der Waals surface area (Å²) in [5, 5.41) is 3.76. The van der Waals surface area contributed by atoms with Crippen molar-refractivity contribution in [3.63, 3.8) is 0 Å². The number of ether oxygens (including phenoxy) is 3. The fraction of sp³-hybridized carbons (Fsp3) is 0.417. The Morgan fingerprint density at radius 2 is 2.20 bits per heavy atom. The largest absolute Gasteiger partial charge is 0.493 e. The van der Waals surface area contributed by atoms with Gasteiger partial charge in [-0.25, -0.2) is 4.79 Å². The van der Waals surface area contributed by atoms with Gasteiger partial charge >= 0.3 is 5.97 Å². The van der Waals surface area contributed by atoms with Crippen LogP contribution in [0.5, 0.6) is 11.5 Å². The van der Waals surface area contributed by atoms with Crippen molar-refractivity contribution in [3.8, 4) is 11.5 Å². The quantitative estimate of drug-likeness (QED) is 0.627. The maximum atomic E-state index is 12.8. The van der Waals surface area contributed by atoms with Crippen molar-refractivity contribution >= 4 is 5.97 Å². The number of esters is 1. The summed E-state index contributed by atoms with van der Waals surface area (Å²) in [5.74, 6) is 1.45. The Balaban J connectivity index is 1.47. The van der Waals surface area contributed by atoms with E-state index in [9.17, 15) is 4.79 Å². The number of piperidine rings is 1. The minimum absolute atomic E-state index is 0.0577. The fourth-order valence-electron chi connectivity index (χ4n) is 6.31. The zero-order valence-corrected chi connectivity index (χ0v) is 17.1. The summed E-state index contributed by atoms with van der Waals surface area (Å²) in [5.41, 5.74) is 2.71. The molecular weight excluding hydrogens is 380 g/mol. The maximum absolute atomic E-state index is 12.8. The lowest BCUT2D eigenvalue weighted by atomic mass is 9.50. The Bertz CT molecular complexity index is 1070. The molecule has 2 aliphatic heterocycles. The molecule has 30 heavy (non-hydrogen) atoms. The van der Waals surface area contributed by atoms with Gasteiger partial charge in [-0.1, -0.05) is 12.1 Å². The molecule has 0 radical (unpaired) electrons. The lowest BCUT2D eigenvalue weighted by molar-refractivity contribution is -0.0486. The number of carbonyl (C=O) groups is 1. The van der Waals surface area contributed by atoms with Crippen molar-refractivity contribution in [2.45, 2.75) is 42.9 Å². The zero-order chi connectivity index (χ0) is 20.5. The summed E-state index contributed by atoms with van der Waals surface area (Å²) in [7, 11) is 1.67. The van der Waals surface area contributed by atoms with E-state index in [0.29, 0.717) is 5.56 Å². The van der Waals surface area contributed by atoms with Crippen LogP contribution in [0.3, 0.4) is 0 Å². The van der Waals surface area contributed by atoms with Gasteiger partial charge in [-0.3, -0.25) is 4.98 Å². The van der Waals surface area contributed by atoms with Crippen LogP contribution in [0, 0.1) is 5.92 Å².